The molecule has 0 heterocycles. The van der Waals surface area contributed by atoms with Gasteiger partial charge in [0.1, 0.15) is 6.11 Å². The van der Waals surface area contributed by atoms with E-state index in [9.17, 15) is 4.79 Å². The third-order valence-corrected chi connectivity index (χ3v) is 2.99. The summed E-state index contributed by atoms with van der Waals surface area (Å²) in [6.45, 7) is 0. The third kappa shape index (κ3) is 12.7. The molecule has 0 aromatic heterocycles. The predicted octanol–water partition coefficient (Wildman–Crippen LogP) is 6.90. The molecule has 0 amide bonds. The maximum Gasteiger partial charge on any atom is 0.337 e. The van der Waals surface area contributed by atoms with E-state index in [-0.39, 0.29) is 31.4 Å². The molecule has 1 aromatic carbocycles. The minimum Gasteiger partial charge on any atom is -0.493 e. The average Bonchev–Trinajstić information content (AvgIpc) is 2.89. The van der Waals surface area contributed by atoms with E-state index in [0.29, 0.717) is 17.1 Å². The Morgan fingerprint density at radius 3 is 1.49 bits per heavy atom. The molecule has 0 radical (unpaired) electrons. The summed E-state index contributed by atoms with van der Waals surface area (Å²) >= 11 is 0. The van der Waals surface area contributed by atoms with Gasteiger partial charge < -0.3 is 14.2 Å². The molecule has 4 nitrogen and oxygen atoms in total. The average molecular weight is 491 g/mol. The first-order chi connectivity index (χ1) is 17.2. The van der Waals surface area contributed by atoms with Gasteiger partial charge in [-0.3, -0.25) is 0 Å². The lowest BCUT2D eigenvalue weighted by Crippen LogP contribution is -2.02. The Morgan fingerprint density at radius 1 is 0.657 bits per heavy atom. The molecular weight excluding hydrogens is 436 g/mol. The van der Waals surface area contributed by atoms with Gasteiger partial charge in [0.15, 0.2) is 11.5 Å². The lowest BCUT2D eigenvalue weighted by Gasteiger charge is -2.07. The molecule has 35 heavy (non-hydrogen) atoms. The van der Waals surface area contributed by atoms with Crippen LogP contribution < -0.4 is 9.47 Å². The summed E-state index contributed by atoms with van der Waals surface area (Å²) < 4.78 is 15.1. The number of carbonyl (C=O) groups is 1. The number of hydrogen-bond donors (Lipinski definition) is 0. The Kier molecular flexibility index (Phi) is 13.8. The van der Waals surface area contributed by atoms with Crippen LogP contribution in [-0.2, 0) is 4.74 Å². The first-order valence-corrected chi connectivity index (χ1v) is 9.11. The van der Waals surface area contributed by atoms with Crippen molar-refractivity contribution in [3.05, 3.63) is 23.8 Å². The highest BCUT2D eigenvalue weighted by atomic mass is 16.5. The molecule has 0 saturated carbocycles. The van der Waals surface area contributed by atoms with Crippen LogP contribution in [0, 0.1) is 131 Å². The van der Waals surface area contributed by atoms with Gasteiger partial charge in [-0.05, 0) is 65.6 Å². The molecule has 0 spiro atoms. The van der Waals surface area contributed by atoms with Crippen molar-refractivity contribution in [3.8, 4) is 142 Å². The second kappa shape index (κ2) is 18.2. The van der Waals surface area contributed by atoms with Crippen molar-refractivity contribution >= 4 is 5.97 Å². The van der Waals surface area contributed by atoms with Crippen molar-refractivity contribution in [1.82, 2.24) is 0 Å². The zero-order valence-corrected chi connectivity index (χ0v) is 18.4. The Hall–Kier alpha value is -6.55. The number of hydrogen-bond acceptors (Lipinski definition) is 4. The van der Waals surface area contributed by atoms with E-state index in [2.05, 4.69) is 129 Å². The number of carbonyl (C=O) groups excluding carboxylic acids is 1. The molecule has 0 fully saturated rings. The molecule has 0 atom stereocenters. The smallest absolute Gasteiger partial charge is 0.337 e. The van der Waals surface area contributed by atoms with Gasteiger partial charge in [-0.25, -0.2) is 4.79 Å². The van der Waals surface area contributed by atoms with Gasteiger partial charge >= 0.3 is 5.97 Å². The Bertz CT molecular complexity index is 1720. The van der Waals surface area contributed by atoms with Crippen LogP contribution in [0.2, 0.25) is 0 Å². The number of esters is 1. The number of terminal acetylenes is 1. The molecule has 0 bridgehead atoms. The van der Waals surface area contributed by atoms with Gasteiger partial charge in [-0.2, -0.15) is 0 Å². The number of rotatable bonds is 3. The first kappa shape index (κ1) is 26.5. The van der Waals surface area contributed by atoms with Gasteiger partial charge in [-0.15, -0.1) is 6.42 Å². The Labute approximate surface area is 238 Å². The highest BCUT2D eigenvalue weighted by Crippen LogP contribution is 2.28. The summed E-state index contributed by atoms with van der Waals surface area (Å²) in [6, 6.07) is 4.54. The zero-order valence-electron chi connectivity index (χ0n) is 18.4. The second-order valence-corrected chi connectivity index (χ2v) is 5.08. The fourth-order valence-corrected chi connectivity index (χ4v) is 1.67. The van der Waals surface area contributed by atoms with E-state index in [4.69, 9.17) is 15.9 Å². The van der Waals surface area contributed by atoms with E-state index in [1.165, 1.54) is 32.4 Å². The van der Waals surface area contributed by atoms with Gasteiger partial charge in [0.25, 0.3) is 0 Å². The maximum absolute atomic E-state index is 11.5. The van der Waals surface area contributed by atoms with Crippen molar-refractivity contribution < 1.29 is 50.4 Å². The lowest BCUT2D eigenvalue weighted by atomic mass is 10.2. The van der Waals surface area contributed by atoms with Crippen LogP contribution >= 0.6 is 0 Å². The van der Waals surface area contributed by atoms with Crippen molar-refractivity contribution in [1.29, 1.82) is 0 Å². The normalized spacial score (nSPS) is 6.09. The van der Waals surface area contributed by atoms with Crippen LogP contribution in [0.25, 0.3) is 0 Å². The highest BCUT2D eigenvalue weighted by Gasteiger charge is 2.10. The monoisotopic (exact) mass is 490 g/mol. The van der Waals surface area contributed by atoms with Crippen LogP contribution in [0.3, 0.4) is 0 Å². The van der Waals surface area contributed by atoms with Crippen LogP contribution in [0.5, 0.6) is 11.5 Å². The van der Waals surface area contributed by atoms with Gasteiger partial charge in [0.05, 0.1) is 19.8 Å². The van der Waals surface area contributed by atoms with Crippen LogP contribution in [0.15, 0.2) is 18.2 Å². The first-order valence-electron chi connectivity index (χ1n) is 9.11. The van der Waals surface area contributed by atoms with Crippen LogP contribution in [0.4, 0.5) is 0 Å². The molecule has 0 aliphatic heterocycles. The number of benzene rings is 1. The van der Waals surface area contributed by atoms with Crippen LogP contribution in [0.1, 0.15) is 41.7 Å². The SMILES string of the molecule is C#CC#CC#CC#CC#CC#CC#CC#CC#CC#CC#COc1ccc(C(=O)OC)cc1OC.[HH].[HH].[HH].[HH].[HH].[HH].[HH].[HH].[HH].[HH].[HH].[HH].[HH].[HH].[HH].[HH].[HH].[HH].[HH].[HH].[HH].[HH]. The molecule has 1 rings (SSSR count). The summed E-state index contributed by atoms with van der Waals surface area (Å²) in [5, 5.41) is 0. The molecule has 0 N–H and O–H groups in total. The fourth-order valence-electron chi connectivity index (χ4n) is 1.67. The second-order valence-electron chi connectivity index (χ2n) is 5.08. The van der Waals surface area contributed by atoms with Crippen molar-refractivity contribution in [2.24, 2.45) is 0 Å². The summed E-state index contributed by atoms with van der Waals surface area (Å²) in [4.78, 5) is 11.5. The largest absolute Gasteiger partial charge is 0.493 e. The minimum atomic E-state index is -0.491. The van der Waals surface area contributed by atoms with Gasteiger partial charge in [-0.1, -0.05) is 0 Å². The number of methoxy groups -OCH3 is 2. The molecule has 202 valence electrons. The Morgan fingerprint density at radius 2 is 1.09 bits per heavy atom. The molecular formula is C31H54O4. The van der Waals surface area contributed by atoms with Crippen molar-refractivity contribution in [2.75, 3.05) is 14.2 Å². The summed E-state index contributed by atoms with van der Waals surface area (Å²) in [6.07, 6.45) is 7.32. The maximum atomic E-state index is 11.5. The summed E-state index contributed by atoms with van der Waals surface area (Å²) in [7, 11) is 2.73. The molecule has 4 heteroatoms. The predicted molar refractivity (Wildman–Crippen MR) is 178 cm³/mol. The van der Waals surface area contributed by atoms with Crippen LogP contribution in [-0.4, -0.2) is 20.2 Å². The molecule has 0 aliphatic rings. The Balaban J connectivity index is -0.0000000278. The third-order valence-electron chi connectivity index (χ3n) is 2.99. The van der Waals surface area contributed by atoms with Crippen molar-refractivity contribution in [3.63, 3.8) is 0 Å². The quantitative estimate of drug-likeness (QED) is 0.341. The molecule has 0 saturated heterocycles. The van der Waals surface area contributed by atoms with Crippen molar-refractivity contribution in [2.45, 2.75) is 0 Å². The van der Waals surface area contributed by atoms with E-state index < -0.39 is 5.97 Å². The van der Waals surface area contributed by atoms with E-state index in [1.54, 1.807) is 0 Å². The van der Waals surface area contributed by atoms with E-state index in [1.807, 2.05) is 0 Å². The van der Waals surface area contributed by atoms with Gasteiger partial charge in [0, 0.05) is 102 Å². The topological polar surface area (TPSA) is 44.8 Å². The van der Waals surface area contributed by atoms with Gasteiger partial charge in [0.2, 0.25) is 0 Å². The molecule has 0 unspecified atom stereocenters. The molecule has 0 aliphatic carbocycles. The zero-order chi connectivity index (χ0) is 25.4. The highest BCUT2D eigenvalue weighted by molar-refractivity contribution is 5.90. The standard InChI is InChI=1S/C31H10O4.22H2/c1-4-5-6-7-8-9-10-11-12-13-14-15-16-17-18-19-20-21-22-23-26-35-29-25-24-28(31(32)34-3)27-30(29)33-2;;;;;;;;;;;;;;;;;;;;;;/h1,24-25,27H,2-3H3;22*1H. The minimum absolute atomic E-state index is 0. The van der Waals surface area contributed by atoms with E-state index >= 15 is 0 Å². The molecule has 1 aromatic rings. The summed E-state index contributed by atoms with van der Waals surface area (Å²) in [5.74, 6) is 49.2. The number of ether oxygens (including phenoxy) is 3. The van der Waals surface area contributed by atoms with E-state index in [0.717, 1.165) is 0 Å². The summed E-state index contributed by atoms with van der Waals surface area (Å²) in [5.41, 5.74) is 0.322. The fraction of sp³-hybridized carbons (Fsp3) is 0.0645. The lowest BCUT2D eigenvalue weighted by molar-refractivity contribution is 0.0600.